The minimum Gasteiger partial charge on any atom is -0.478 e. The fourth-order valence-electron chi connectivity index (χ4n) is 3.80. The van der Waals surface area contributed by atoms with Crippen molar-refractivity contribution in [1.82, 2.24) is 0 Å². The van der Waals surface area contributed by atoms with Gasteiger partial charge in [0.2, 0.25) is 0 Å². The molecule has 1 aromatic rings. The van der Waals surface area contributed by atoms with Crippen molar-refractivity contribution in [3.05, 3.63) is 34.9 Å². The quantitative estimate of drug-likeness (QED) is 0.330. The Bertz CT molecular complexity index is 507. The Morgan fingerprint density at radius 1 is 0.923 bits per heavy atom. The van der Waals surface area contributed by atoms with E-state index in [4.69, 9.17) is 0 Å². The zero-order valence-electron chi connectivity index (χ0n) is 17.4. The van der Waals surface area contributed by atoms with Crippen molar-refractivity contribution in [3.63, 3.8) is 0 Å². The van der Waals surface area contributed by atoms with Crippen molar-refractivity contribution >= 4 is 5.97 Å². The number of benzene rings is 1. The smallest absolute Gasteiger partial charge is 0.335 e. The number of carboxylic acid groups (broad SMARTS) is 1. The molecule has 1 rings (SSSR count). The van der Waals surface area contributed by atoms with E-state index < -0.39 is 5.97 Å². The largest absolute Gasteiger partial charge is 0.478 e. The van der Waals surface area contributed by atoms with E-state index in [2.05, 4.69) is 26.8 Å². The van der Waals surface area contributed by atoms with Gasteiger partial charge in [0.15, 0.2) is 0 Å². The molecule has 1 aromatic carbocycles. The van der Waals surface area contributed by atoms with Crippen molar-refractivity contribution < 1.29 is 9.90 Å². The first kappa shape index (κ1) is 22.7. The molecule has 0 heterocycles. The van der Waals surface area contributed by atoms with Crippen molar-refractivity contribution in [2.45, 2.75) is 104 Å². The van der Waals surface area contributed by atoms with Gasteiger partial charge < -0.3 is 5.11 Å². The first-order valence-corrected chi connectivity index (χ1v) is 10.9. The lowest BCUT2D eigenvalue weighted by atomic mass is 9.88. The Balaban J connectivity index is 2.60. The van der Waals surface area contributed by atoms with Crippen LogP contribution in [0.1, 0.15) is 113 Å². The Hall–Kier alpha value is -1.31. The predicted octanol–water partition coefficient (Wildman–Crippen LogP) is 7.44. The predicted molar refractivity (Wildman–Crippen MR) is 112 cm³/mol. The molecule has 0 saturated heterocycles. The molecule has 2 nitrogen and oxygen atoms in total. The molecule has 0 amide bonds. The topological polar surface area (TPSA) is 37.3 Å². The third kappa shape index (κ3) is 8.87. The van der Waals surface area contributed by atoms with Crippen molar-refractivity contribution in [2.75, 3.05) is 0 Å². The average Bonchev–Trinajstić information content (AvgIpc) is 2.62. The zero-order valence-corrected chi connectivity index (χ0v) is 17.4. The van der Waals surface area contributed by atoms with Gasteiger partial charge in [0, 0.05) is 0 Å². The molecule has 0 bridgehead atoms. The average molecular weight is 361 g/mol. The summed E-state index contributed by atoms with van der Waals surface area (Å²) in [5, 5.41) is 9.57. The maximum Gasteiger partial charge on any atom is 0.335 e. The maximum atomic E-state index is 11.6. The normalized spacial score (nSPS) is 12.3. The summed E-state index contributed by atoms with van der Waals surface area (Å²) in [6.07, 6.45) is 15.9. The van der Waals surface area contributed by atoms with Crippen LogP contribution in [0, 0.1) is 5.92 Å². The number of hydrogen-bond acceptors (Lipinski definition) is 1. The van der Waals surface area contributed by atoms with Gasteiger partial charge in [0.05, 0.1) is 5.56 Å². The fraction of sp³-hybridized carbons (Fsp3) is 0.708. The SMILES string of the molecule is CCCCCCCCC(C)Cc1cccc(C(=O)O)c1CCCCCC. The van der Waals surface area contributed by atoms with Gasteiger partial charge in [0.1, 0.15) is 0 Å². The van der Waals surface area contributed by atoms with Crippen LogP contribution in [0.3, 0.4) is 0 Å². The molecule has 0 fully saturated rings. The summed E-state index contributed by atoms with van der Waals surface area (Å²) in [5.41, 5.74) is 2.87. The highest BCUT2D eigenvalue weighted by molar-refractivity contribution is 5.89. The summed E-state index contributed by atoms with van der Waals surface area (Å²) in [5.74, 6) is -0.152. The van der Waals surface area contributed by atoms with E-state index in [1.807, 2.05) is 6.07 Å². The highest BCUT2D eigenvalue weighted by Gasteiger charge is 2.15. The third-order valence-electron chi connectivity index (χ3n) is 5.40. The summed E-state index contributed by atoms with van der Waals surface area (Å²) in [7, 11) is 0. The summed E-state index contributed by atoms with van der Waals surface area (Å²) in [6.45, 7) is 6.79. The van der Waals surface area contributed by atoms with Crippen molar-refractivity contribution in [2.24, 2.45) is 5.92 Å². The molecule has 0 aliphatic rings. The molecule has 0 saturated carbocycles. The molecule has 0 aliphatic heterocycles. The van der Waals surface area contributed by atoms with Gasteiger partial charge in [-0.15, -0.1) is 0 Å². The molecular formula is C24H40O2. The summed E-state index contributed by atoms with van der Waals surface area (Å²) < 4.78 is 0. The molecule has 0 radical (unpaired) electrons. The number of hydrogen-bond donors (Lipinski definition) is 1. The van der Waals surface area contributed by atoms with Gasteiger partial charge in [-0.1, -0.05) is 97.1 Å². The van der Waals surface area contributed by atoms with Gasteiger partial charge in [-0.05, 0) is 42.4 Å². The molecule has 0 spiro atoms. The number of unbranched alkanes of at least 4 members (excludes halogenated alkanes) is 8. The second-order valence-corrected chi connectivity index (χ2v) is 7.92. The van der Waals surface area contributed by atoms with Gasteiger partial charge >= 0.3 is 5.97 Å². The molecule has 2 heteroatoms. The molecular weight excluding hydrogens is 320 g/mol. The van der Waals surface area contributed by atoms with Crippen LogP contribution in [0.15, 0.2) is 18.2 Å². The van der Waals surface area contributed by atoms with E-state index in [1.54, 1.807) is 6.07 Å². The lowest BCUT2D eigenvalue weighted by molar-refractivity contribution is 0.0695. The number of carbonyl (C=O) groups is 1. The number of carboxylic acids is 1. The van der Waals surface area contributed by atoms with Gasteiger partial charge in [-0.25, -0.2) is 4.79 Å². The molecule has 0 aromatic heterocycles. The lowest BCUT2D eigenvalue weighted by Crippen LogP contribution is -2.09. The molecule has 1 atom stereocenters. The van der Waals surface area contributed by atoms with Crippen LogP contribution in [0.4, 0.5) is 0 Å². The molecule has 1 N–H and O–H groups in total. The van der Waals surface area contributed by atoms with E-state index in [9.17, 15) is 9.90 Å². The van der Waals surface area contributed by atoms with Gasteiger partial charge in [-0.2, -0.15) is 0 Å². The Labute approximate surface area is 161 Å². The van der Waals surface area contributed by atoms with Crippen LogP contribution in [0.25, 0.3) is 0 Å². The van der Waals surface area contributed by atoms with Crippen molar-refractivity contribution in [3.8, 4) is 0 Å². The van der Waals surface area contributed by atoms with Crippen LogP contribution in [-0.4, -0.2) is 11.1 Å². The third-order valence-corrected chi connectivity index (χ3v) is 5.40. The lowest BCUT2D eigenvalue weighted by Gasteiger charge is -2.17. The summed E-state index contributed by atoms with van der Waals surface area (Å²) in [4.78, 5) is 11.6. The number of aromatic carboxylic acids is 1. The van der Waals surface area contributed by atoms with Crippen LogP contribution >= 0.6 is 0 Å². The fourth-order valence-corrected chi connectivity index (χ4v) is 3.80. The molecule has 1 unspecified atom stereocenters. The first-order valence-electron chi connectivity index (χ1n) is 10.9. The van der Waals surface area contributed by atoms with Crippen molar-refractivity contribution in [1.29, 1.82) is 0 Å². The highest BCUT2D eigenvalue weighted by Crippen LogP contribution is 2.24. The molecule has 0 aliphatic carbocycles. The highest BCUT2D eigenvalue weighted by atomic mass is 16.4. The minimum atomic E-state index is -0.777. The zero-order chi connectivity index (χ0) is 19.2. The Kier molecular flexibility index (Phi) is 12.1. The second-order valence-electron chi connectivity index (χ2n) is 7.92. The van der Waals surface area contributed by atoms with Crippen LogP contribution in [-0.2, 0) is 12.8 Å². The monoisotopic (exact) mass is 360 g/mol. The van der Waals surface area contributed by atoms with E-state index in [1.165, 1.54) is 69.8 Å². The van der Waals surface area contributed by atoms with Gasteiger partial charge in [-0.3, -0.25) is 0 Å². The van der Waals surface area contributed by atoms with E-state index in [0.717, 1.165) is 24.8 Å². The molecule has 148 valence electrons. The maximum absolute atomic E-state index is 11.6. The first-order chi connectivity index (χ1) is 12.6. The number of rotatable bonds is 15. The minimum absolute atomic E-state index is 0.519. The van der Waals surface area contributed by atoms with Crippen LogP contribution in [0.2, 0.25) is 0 Å². The van der Waals surface area contributed by atoms with E-state index in [-0.39, 0.29) is 0 Å². The standard InChI is InChI=1S/C24H40O2/c1-4-6-8-10-11-12-15-20(3)19-21-16-14-18-23(24(25)26)22(21)17-13-9-7-5-2/h14,16,18,20H,4-13,15,17,19H2,1-3H3,(H,25,26). The van der Waals surface area contributed by atoms with E-state index >= 15 is 0 Å². The molecule has 26 heavy (non-hydrogen) atoms. The van der Waals surface area contributed by atoms with Crippen LogP contribution < -0.4 is 0 Å². The summed E-state index contributed by atoms with van der Waals surface area (Å²) in [6, 6.07) is 5.85. The summed E-state index contributed by atoms with van der Waals surface area (Å²) >= 11 is 0. The van der Waals surface area contributed by atoms with Gasteiger partial charge in [0.25, 0.3) is 0 Å². The Morgan fingerprint density at radius 3 is 2.19 bits per heavy atom. The van der Waals surface area contributed by atoms with E-state index in [0.29, 0.717) is 11.5 Å². The van der Waals surface area contributed by atoms with Crippen LogP contribution in [0.5, 0.6) is 0 Å². The Morgan fingerprint density at radius 2 is 1.54 bits per heavy atom. The second kappa shape index (κ2) is 13.8.